The number of nitrogens with one attached hydrogen (secondary N) is 2. The maximum Gasteiger partial charge on any atom is 0.224 e. The first kappa shape index (κ1) is 43.0. The third kappa shape index (κ3) is 11.6. The fourth-order valence-electron chi connectivity index (χ4n) is 8.06. The maximum atomic E-state index is 12.7. The Morgan fingerprint density at radius 1 is 0.767 bits per heavy atom. The van der Waals surface area contributed by atoms with E-state index in [1.165, 1.54) is 0 Å². The summed E-state index contributed by atoms with van der Waals surface area (Å²) in [6, 6.07) is 39.0. The van der Waals surface area contributed by atoms with Gasteiger partial charge in [-0.15, -0.1) is 0 Å². The van der Waals surface area contributed by atoms with Crippen LogP contribution in [0, 0.1) is 0 Å². The minimum atomic E-state index is -0.887. The molecule has 0 saturated carbocycles. The number of unbranched alkanes of at least 4 members (excludes halogenated alkanes) is 2. The molecule has 3 atom stereocenters. The van der Waals surface area contributed by atoms with Gasteiger partial charge in [0.2, 0.25) is 11.8 Å². The molecular weight excluding hydrogens is 776 g/mol. The van der Waals surface area contributed by atoms with E-state index < -0.39 is 11.9 Å². The fourth-order valence-corrected chi connectivity index (χ4v) is 8.19. The number of aliphatic hydroxyl groups is 2. The molecule has 2 fully saturated rings. The lowest BCUT2D eigenvalue weighted by molar-refractivity contribution is -0.253. The summed E-state index contributed by atoms with van der Waals surface area (Å²) in [4.78, 5) is 27.4. The van der Waals surface area contributed by atoms with Crippen LogP contribution < -0.4 is 16.4 Å². The van der Waals surface area contributed by atoms with Gasteiger partial charge in [-0.1, -0.05) is 103 Å². The number of anilines is 2. The molecule has 6 N–H and O–H groups in total. The first-order chi connectivity index (χ1) is 29.1. The Morgan fingerprint density at radius 2 is 1.47 bits per heavy atom. The maximum absolute atomic E-state index is 12.7. The third-order valence-corrected chi connectivity index (χ3v) is 11.8. The molecule has 2 amide bonds. The van der Waals surface area contributed by atoms with Gasteiger partial charge in [-0.25, -0.2) is 0 Å². The second-order valence-corrected chi connectivity index (χ2v) is 16.4. The number of piperidine rings is 1. The van der Waals surface area contributed by atoms with E-state index in [-0.39, 0.29) is 30.6 Å². The summed E-state index contributed by atoms with van der Waals surface area (Å²) in [6.07, 6.45) is 3.89. The molecule has 2 heterocycles. The smallest absolute Gasteiger partial charge is 0.224 e. The molecule has 7 rings (SSSR count). The molecule has 5 aromatic carbocycles. The normalized spacial score (nSPS) is 19.1. The largest absolute Gasteiger partial charge is 0.397 e. The van der Waals surface area contributed by atoms with Gasteiger partial charge in [0.15, 0.2) is 6.29 Å². The van der Waals surface area contributed by atoms with Crippen LogP contribution in [0.3, 0.4) is 0 Å². The standard InChI is InChI=1S/C49H55ClN4O6/c50-41-22-20-40(21-23-41)49(58)24-26-54(27-25-49)32-42-30-45(36-18-16-34(33-55)17-19-36)60-48(59-42)39-11-7-10-38(29-39)37-9-6-8-35(28-37)31-52-46(56)14-2-1-3-15-47(57)53-44-13-5-4-12-43(44)51/h4-13,16-23,28-29,42,45,48,55,58H,1-3,14-15,24-27,30-33,51H2,(H,52,56)(H,53,57)/t42-,45+,48+/m1/s1. The van der Waals surface area contributed by atoms with Crippen LogP contribution in [0.15, 0.2) is 121 Å². The van der Waals surface area contributed by atoms with Crippen molar-refractivity contribution in [2.24, 2.45) is 0 Å². The van der Waals surface area contributed by atoms with Gasteiger partial charge in [0.25, 0.3) is 0 Å². The van der Waals surface area contributed by atoms with Gasteiger partial charge in [0, 0.05) is 56.0 Å². The Kier molecular flexibility index (Phi) is 14.7. The number of aliphatic hydroxyl groups excluding tert-OH is 1. The number of carbonyl (C=O) groups is 2. The van der Waals surface area contributed by atoms with Crippen molar-refractivity contribution >= 4 is 34.8 Å². The Balaban J connectivity index is 0.942. The third-order valence-electron chi connectivity index (χ3n) is 11.6. The molecule has 314 valence electrons. The second kappa shape index (κ2) is 20.5. The van der Waals surface area contributed by atoms with Gasteiger partial charge in [0.1, 0.15) is 0 Å². The van der Waals surface area contributed by atoms with Gasteiger partial charge in [-0.05, 0) is 95.5 Å². The Morgan fingerprint density at radius 3 is 2.20 bits per heavy atom. The number of rotatable bonds is 16. The number of nitrogen functional groups attached to an aromatic ring is 1. The molecule has 0 bridgehead atoms. The van der Waals surface area contributed by atoms with Crippen molar-refractivity contribution in [1.82, 2.24) is 10.2 Å². The van der Waals surface area contributed by atoms with Gasteiger partial charge in [0.05, 0.1) is 35.8 Å². The summed E-state index contributed by atoms with van der Waals surface area (Å²) in [7, 11) is 0. The molecule has 0 unspecified atom stereocenters. The van der Waals surface area contributed by atoms with Crippen LogP contribution in [0.4, 0.5) is 11.4 Å². The van der Waals surface area contributed by atoms with Gasteiger partial charge >= 0.3 is 0 Å². The Bertz CT molecular complexity index is 2190. The zero-order chi connectivity index (χ0) is 41.9. The van der Waals surface area contributed by atoms with Crippen LogP contribution in [0.5, 0.6) is 0 Å². The summed E-state index contributed by atoms with van der Waals surface area (Å²) in [5.41, 5.74) is 12.9. The monoisotopic (exact) mass is 830 g/mol. The van der Waals surface area contributed by atoms with E-state index in [1.54, 1.807) is 12.1 Å². The minimum absolute atomic E-state index is 0.0204. The summed E-state index contributed by atoms with van der Waals surface area (Å²) in [5.74, 6) is -0.104. The fraction of sp³-hybridized carbons (Fsp3) is 0.347. The number of amides is 2. The highest BCUT2D eigenvalue weighted by atomic mass is 35.5. The topological polar surface area (TPSA) is 146 Å². The molecular formula is C49H55ClN4O6. The molecule has 2 saturated heterocycles. The lowest BCUT2D eigenvalue weighted by atomic mass is 9.84. The minimum Gasteiger partial charge on any atom is -0.397 e. The van der Waals surface area contributed by atoms with Crippen molar-refractivity contribution in [2.75, 3.05) is 30.7 Å². The number of hydrogen-bond donors (Lipinski definition) is 5. The van der Waals surface area contributed by atoms with Crippen molar-refractivity contribution in [3.05, 3.63) is 154 Å². The van der Waals surface area contributed by atoms with Crippen LogP contribution in [0.1, 0.15) is 91.6 Å². The number of likely N-dealkylation sites (tertiary alicyclic amines) is 1. The summed E-state index contributed by atoms with van der Waals surface area (Å²) >= 11 is 6.12. The highest BCUT2D eigenvalue weighted by Crippen LogP contribution is 2.40. The number of nitrogens with two attached hydrogens (primary N) is 1. The molecule has 5 aromatic rings. The number of benzene rings is 5. The van der Waals surface area contributed by atoms with Crippen LogP contribution in [-0.4, -0.2) is 52.7 Å². The van der Waals surface area contributed by atoms with Gasteiger partial charge in [-0.2, -0.15) is 0 Å². The zero-order valence-electron chi connectivity index (χ0n) is 33.9. The molecule has 11 heteroatoms. The number of hydrogen-bond acceptors (Lipinski definition) is 8. The van der Waals surface area contributed by atoms with Gasteiger partial charge in [-0.3, -0.25) is 9.59 Å². The predicted molar refractivity (Wildman–Crippen MR) is 236 cm³/mol. The average Bonchev–Trinajstić information content (AvgIpc) is 3.27. The zero-order valence-corrected chi connectivity index (χ0v) is 34.7. The van der Waals surface area contributed by atoms with E-state index in [9.17, 15) is 19.8 Å². The van der Waals surface area contributed by atoms with E-state index in [1.807, 2.05) is 84.9 Å². The molecule has 0 spiro atoms. The van der Waals surface area contributed by atoms with E-state index in [4.69, 9.17) is 26.8 Å². The van der Waals surface area contributed by atoms with E-state index >= 15 is 0 Å². The molecule has 10 nitrogen and oxygen atoms in total. The predicted octanol–water partition coefficient (Wildman–Crippen LogP) is 8.82. The van der Waals surface area contributed by atoms with Crippen molar-refractivity contribution in [1.29, 1.82) is 0 Å². The second-order valence-electron chi connectivity index (χ2n) is 16.0. The Hall–Kier alpha value is -5.07. The molecule has 0 radical (unpaired) electrons. The van der Waals surface area contributed by atoms with E-state index in [2.05, 4.69) is 39.8 Å². The number of nitrogens with zero attached hydrogens (tertiary/aromatic N) is 1. The van der Waals surface area contributed by atoms with Crippen molar-refractivity contribution < 1.29 is 29.3 Å². The summed E-state index contributed by atoms with van der Waals surface area (Å²) < 4.78 is 13.4. The summed E-state index contributed by atoms with van der Waals surface area (Å²) in [6.45, 7) is 2.57. The van der Waals surface area contributed by atoms with Crippen LogP contribution >= 0.6 is 11.6 Å². The van der Waals surface area contributed by atoms with Gasteiger partial charge < -0.3 is 41.0 Å². The number of halogens is 1. The number of carbonyl (C=O) groups excluding carboxylic acids is 2. The molecule has 2 aliphatic rings. The highest BCUT2D eigenvalue weighted by Gasteiger charge is 2.37. The highest BCUT2D eigenvalue weighted by molar-refractivity contribution is 6.30. The Labute approximate surface area is 357 Å². The van der Waals surface area contributed by atoms with Crippen LogP contribution in [0.25, 0.3) is 11.1 Å². The molecule has 2 aliphatic heterocycles. The average molecular weight is 831 g/mol. The first-order valence-electron chi connectivity index (χ1n) is 21.0. The molecule has 60 heavy (non-hydrogen) atoms. The van der Waals surface area contributed by atoms with Crippen molar-refractivity contribution in [3.8, 4) is 11.1 Å². The lowest BCUT2D eigenvalue weighted by Crippen LogP contribution is -2.46. The van der Waals surface area contributed by atoms with Crippen molar-refractivity contribution in [2.45, 2.75) is 88.6 Å². The van der Waals surface area contributed by atoms with E-state index in [0.29, 0.717) is 74.4 Å². The summed E-state index contributed by atoms with van der Waals surface area (Å²) in [5, 5.41) is 27.7. The molecule has 0 aliphatic carbocycles. The quantitative estimate of drug-likeness (QED) is 0.0490. The first-order valence-corrected chi connectivity index (χ1v) is 21.3. The van der Waals surface area contributed by atoms with Crippen LogP contribution in [0.2, 0.25) is 5.02 Å². The lowest BCUT2D eigenvalue weighted by Gasteiger charge is -2.42. The van der Waals surface area contributed by atoms with Crippen LogP contribution in [-0.2, 0) is 37.8 Å². The number of para-hydroxylation sites is 2. The molecule has 0 aromatic heterocycles. The van der Waals surface area contributed by atoms with E-state index in [0.717, 1.165) is 58.5 Å². The van der Waals surface area contributed by atoms with Crippen molar-refractivity contribution in [3.63, 3.8) is 0 Å². The SMILES string of the molecule is Nc1ccccc1NC(=O)CCCCCC(=O)NCc1cccc(-c2cccc([C@H]3O[C@@H](CN4CCC(O)(c5ccc(Cl)cc5)CC4)C[C@@H](c4ccc(CO)cc4)O3)c2)c1. The number of ether oxygens (including phenoxy) is 2.